The highest BCUT2D eigenvalue weighted by Crippen LogP contribution is 2.20. The van der Waals surface area contributed by atoms with Crippen molar-refractivity contribution in [3.63, 3.8) is 0 Å². The van der Waals surface area contributed by atoms with Crippen molar-refractivity contribution < 1.29 is 4.52 Å². The lowest BCUT2D eigenvalue weighted by atomic mass is 10.1. The summed E-state index contributed by atoms with van der Waals surface area (Å²) in [4.78, 5) is 0. The number of aromatic nitrogens is 4. The fraction of sp³-hybridized carbons (Fsp3) is 0.267. The van der Waals surface area contributed by atoms with E-state index in [0.717, 1.165) is 29.1 Å². The minimum Gasteiger partial charge on any atom is -0.356 e. The summed E-state index contributed by atoms with van der Waals surface area (Å²) in [5.74, 6) is 0.746. The Morgan fingerprint density at radius 3 is 2.86 bits per heavy atom. The van der Waals surface area contributed by atoms with Gasteiger partial charge in [0.2, 0.25) is 0 Å². The molecule has 0 spiro atoms. The average Bonchev–Trinajstić information content (AvgIpc) is 3.17. The Hall–Kier alpha value is -2.47. The Balaban J connectivity index is 1.74. The van der Waals surface area contributed by atoms with Gasteiger partial charge in [0.15, 0.2) is 5.76 Å². The molecule has 1 atom stereocenters. The molecule has 0 aliphatic heterocycles. The molecule has 2 N–H and O–H groups in total. The van der Waals surface area contributed by atoms with Crippen molar-refractivity contribution in [3.05, 3.63) is 54.0 Å². The fourth-order valence-corrected chi connectivity index (χ4v) is 2.06. The number of rotatable bonds is 5. The van der Waals surface area contributed by atoms with E-state index in [1.807, 2.05) is 49.5 Å². The first-order valence-corrected chi connectivity index (χ1v) is 6.93. The van der Waals surface area contributed by atoms with Gasteiger partial charge < -0.3 is 10.3 Å². The van der Waals surface area contributed by atoms with Crippen molar-refractivity contribution in [2.45, 2.75) is 25.9 Å². The fourth-order valence-electron chi connectivity index (χ4n) is 2.06. The van der Waals surface area contributed by atoms with E-state index >= 15 is 0 Å². The van der Waals surface area contributed by atoms with Crippen LogP contribution in [0.5, 0.6) is 0 Å². The van der Waals surface area contributed by atoms with E-state index in [1.54, 1.807) is 4.68 Å². The molecule has 3 rings (SSSR count). The predicted molar refractivity (Wildman–Crippen MR) is 78.3 cm³/mol. The molecule has 6 heteroatoms. The van der Waals surface area contributed by atoms with Crippen molar-refractivity contribution in [1.29, 1.82) is 0 Å². The predicted octanol–water partition coefficient (Wildman–Crippen LogP) is 2.39. The van der Waals surface area contributed by atoms with Gasteiger partial charge in [-0.2, -0.15) is 0 Å². The molecule has 21 heavy (non-hydrogen) atoms. The van der Waals surface area contributed by atoms with Crippen molar-refractivity contribution in [1.82, 2.24) is 20.2 Å². The lowest BCUT2D eigenvalue weighted by Crippen LogP contribution is -2.08. The molecular formula is C15H17N5O. The largest absolute Gasteiger partial charge is 0.356 e. The Kier molecular flexibility index (Phi) is 3.79. The maximum absolute atomic E-state index is 5.93. The molecule has 0 radical (unpaired) electrons. The summed E-state index contributed by atoms with van der Waals surface area (Å²) in [5, 5.41) is 12.2. The third-order valence-electron chi connectivity index (χ3n) is 3.32. The van der Waals surface area contributed by atoms with Gasteiger partial charge in [0.05, 0.1) is 24.5 Å². The highest BCUT2D eigenvalue weighted by Gasteiger charge is 2.11. The van der Waals surface area contributed by atoms with Crippen LogP contribution in [-0.4, -0.2) is 20.2 Å². The molecule has 108 valence electrons. The number of nitrogens with two attached hydrogens (primary N) is 1. The molecule has 0 saturated heterocycles. The van der Waals surface area contributed by atoms with Crippen molar-refractivity contribution in [3.8, 4) is 11.3 Å². The molecule has 1 unspecified atom stereocenters. The summed E-state index contributed by atoms with van der Waals surface area (Å²) in [6, 6.07) is 11.7. The summed E-state index contributed by atoms with van der Waals surface area (Å²) in [7, 11) is 0. The first kappa shape index (κ1) is 13.5. The molecule has 1 aromatic carbocycles. The topological polar surface area (TPSA) is 82.8 Å². The molecule has 0 saturated carbocycles. The zero-order chi connectivity index (χ0) is 14.7. The van der Waals surface area contributed by atoms with Gasteiger partial charge in [0, 0.05) is 11.6 Å². The Morgan fingerprint density at radius 1 is 1.29 bits per heavy atom. The van der Waals surface area contributed by atoms with E-state index in [1.165, 1.54) is 0 Å². The van der Waals surface area contributed by atoms with Crippen LogP contribution in [0.2, 0.25) is 0 Å². The van der Waals surface area contributed by atoms with Crippen LogP contribution in [0.25, 0.3) is 11.3 Å². The third-order valence-corrected chi connectivity index (χ3v) is 3.32. The summed E-state index contributed by atoms with van der Waals surface area (Å²) >= 11 is 0. The second kappa shape index (κ2) is 5.88. The number of hydrogen-bond donors (Lipinski definition) is 1. The molecule has 0 amide bonds. The average molecular weight is 283 g/mol. The minimum atomic E-state index is -0.0732. The Labute approximate surface area is 122 Å². The van der Waals surface area contributed by atoms with Crippen LogP contribution in [0.3, 0.4) is 0 Å². The smallest absolute Gasteiger partial charge is 0.167 e. The maximum Gasteiger partial charge on any atom is 0.167 e. The van der Waals surface area contributed by atoms with E-state index in [4.69, 9.17) is 10.3 Å². The van der Waals surface area contributed by atoms with E-state index in [-0.39, 0.29) is 6.04 Å². The van der Waals surface area contributed by atoms with E-state index in [2.05, 4.69) is 15.5 Å². The van der Waals surface area contributed by atoms with Gasteiger partial charge in [-0.25, -0.2) is 4.68 Å². The molecule has 0 aliphatic carbocycles. The number of hydrogen-bond acceptors (Lipinski definition) is 5. The van der Waals surface area contributed by atoms with Gasteiger partial charge in [0.25, 0.3) is 0 Å². The molecule has 2 aromatic heterocycles. The van der Waals surface area contributed by atoms with Crippen molar-refractivity contribution in [2.75, 3.05) is 0 Å². The van der Waals surface area contributed by atoms with Crippen LogP contribution in [0.15, 0.2) is 47.1 Å². The van der Waals surface area contributed by atoms with Crippen molar-refractivity contribution >= 4 is 0 Å². The SMILES string of the molecule is CCC(N)c1cn(Cc2cc(-c3ccccc3)on2)nn1. The van der Waals surface area contributed by atoms with E-state index < -0.39 is 0 Å². The quantitative estimate of drug-likeness (QED) is 0.777. The molecule has 0 aliphatic rings. The third kappa shape index (κ3) is 3.00. The Morgan fingerprint density at radius 2 is 2.10 bits per heavy atom. The monoisotopic (exact) mass is 283 g/mol. The standard InChI is InChI=1S/C15H17N5O/c1-2-13(16)14-10-20(19-17-14)9-12-8-15(21-18-12)11-6-4-3-5-7-11/h3-8,10,13H,2,9,16H2,1H3. The van der Waals surface area contributed by atoms with Crippen LogP contribution in [-0.2, 0) is 6.54 Å². The molecular weight excluding hydrogens is 266 g/mol. The Bertz CT molecular complexity index is 704. The normalized spacial score (nSPS) is 12.5. The second-order valence-corrected chi connectivity index (χ2v) is 4.90. The van der Waals surface area contributed by atoms with Gasteiger partial charge in [-0.1, -0.05) is 47.6 Å². The van der Waals surface area contributed by atoms with Crippen LogP contribution in [0.4, 0.5) is 0 Å². The summed E-state index contributed by atoms with van der Waals surface area (Å²) < 4.78 is 7.08. The molecule has 0 fully saturated rings. The lowest BCUT2D eigenvalue weighted by Gasteiger charge is -2.01. The van der Waals surface area contributed by atoms with Gasteiger partial charge in [-0.15, -0.1) is 5.10 Å². The lowest BCUT2D eigenvalue weighted by molar-refractivity contribution is 0.419. The first-order valence-electron chi connectivity index (χ1n) is 6.93. The molecule has 3 aromatic rings. The minimum absolute atomic E-state index is 0.0732. The molecule has 0 bridgehead atoms. The highest BCUT2D eigenvalue weighted by molar-refractivity contribution is 5.56. The zero-order valence-electron chi connectivity index (χ0n) is 11.8. The highest BCUT2D eigenvalue weighted by atomic mass is 16.5. The van der Waals surface area contributed by atoms with Gasteiger partial charge in [-0.3, -0.25) is 0 Å². The number of nitrogens with zero attached hydrogens (tertiary/aromatic N) is 4. The van der Waals surface area contributed by atoms with Crippen LogP contribution in [0, 0.1) is 0 Å². The second-order valence-electron chi connectivity index (χ2n) is 4.90. The summed E-state index contributed by atoms with van der Waals surface area (Å²) in [6.07, 6.45) is 2.69. The summed E-state index contributed by atoms with van der Waals surface area (Å²) in [5.41, 5.74) is 8.53. The van der Waals surface area contributed by atoms with E-state index in [0.29, 0.717) is 6.54 Å². The summed E-state index contributed by atoms with van der Waals surface area (Å²) in [6.45, 7) is 2.53. The number of benzene rings is 1. The molecule has 6 nitrogen and oxygen atoms in total. The zero-order valence-corrected chi connectivity index (χ0v) is 11.8. The maximum atomic E-state index is 5.93. The van der Waals surface area contributed by atoms with Crippen LogP contribution < -0.4 is 5.73 Å². The van der Waals surface area contributed by atoms with E-state index in [9.17, 15) is 0 Å². The first-order chi connectivity index (χ1) is 10.3. The molecule has 2 heterocycles. The van der Waals surface area contributed by atoms with Gasteiger partial charge in [-0.05, 0) is 6.42 Å². The van der Waals surface area contributed by atoms with Crippen LogP contribution in [0.1, 0.15) is 30.8 Å². The van der Waals surface area contributed by atoms with Crippen molar-refractivity contribution in [2.24, 2.45) is 5.73 Å². The van der Waals surface area contributed by atoms with Gasteiger partial charge >= 0.3 is 0 Å². The van der Waals surface area contributed by atoms with Gasteiger partial charge in [0.1, 0.15) is 5.69 Å². The van der Waals surface area contributed by atoms with Crippen LogP contribution >= 0.6 is 0 Å².